The van der Waals surface area contributed by atoms with Gasteiger partial charge >= 0.3 is 0 Å². The van der Waals surface area contributed by atoms with Crippen LogP contribution < -0.4 is 14.8 Å². The quantitative estimate of drug-likeness (QED) is 0.600. The van der Waals surface area contributed by atoms with E-state index >= 15 is 0 Å². The number of nitrogens with zero attached hydrogens (tertiary/aromatic N) is 3. The van der Waals surface area contributed by atoms with Crippen LogP contribution in [0, 0.1) is 0 Å². The molecule has 1 amide bonds. The summed E-state index contributed by atoms with van der Waals surface area (Å²) in [6.45, 7) is 6.47. The van der Waals surface area contributed by atoms with Gasteiger partial charge in [-0.2, -0.15) is 0 Å². The average Bonchev–Trinajstić information content (AvgIpc) is 3.24. The van der Waals surface area contributed by atoms with E-state index in [4.69, 9.17) is 19.2 Å². The first kappa shape index (κ1) is 21.3. The fourth-order valence-corrected chi connectivity index (χ4v) is 4.17. The Kier molecular flexibility index (Phi) is 6.53. The zero-order valence-corrected chi connectivity index (χ0v) is 18.7. The fourth-order valence-electron chi connectivity index (χ4n) is 3.32. The Morgan fingerprint density at radius 1 is 1.23 bits per heavy atom. The molecular weight excluding hydrogens is 416 g/mol. The minimum Gasteiger partial charge on any atom is -0.496 e. The maximum atomic E-state index is 12.3. The highest BCUT2D eigenvalue weighted by Gasteiger charge is 2.18. The lowest BCUT2D eigenvalue weighted by molar-refractivity contribution is -0.137. The van der Waals surface area contributed by atoms with E-state index in [1.54, 1.807) is 23.3 Å². The van der Waals surface area contributed by atoms with E-state index in [-0.39, 0.29) is 12.5 Å². The number of nitrogens with one attached hydrogen (secondary N) is 1. The number of amides is 1. The summed E-state index contributed by atoms with van der Waals surface area (Å²) in [5, 5.41) is 7.00. The third-order valence-corrected chi connectivity index (χ3v) is 5.64. The zero-order valence-electron chi connectivity index (χ0n) is 17.9. The minimum atomic E-state index is -0.0460. The highest BCUT2D eigenvalue weighted by Crippen LogP contribution is 2.33. The molecule has 0 spiro atoms. The minimum absolute atomic E-state index is 0.0152. The van der Waals surface area contributed by atoms with E-state index in [1.165, 1.54) is 0 Å². The molecule has 1 aliphatic rings. The first-order chi connectivity index (χ1) is 15.0. The lowest BCUT2D eigenvalue weighted by Crippen LogP contribution is -2.42. The first-order valence-corrected chi connectivity index (χ1v) is 11.1. The van der Waals surface area contributed by atoms with Crippen LogP contribution in [-0.4, -0.2) is 66.8 Å². The number of morpholine rings is 1. The number of thiazole rings is 1. The number of fused-ring (bicyclic) bond motifs is 1. The van der Waals surface area contributed by atoms with Gasteiger partial charge in [-0.1, -0.05) is 0 Å². The fraction of sp³-hybridized carbons (Fsp3) is 0.409. The number of benzene rings is 1. The Balaban J connectivity index is 1.56. The van der Waals surface area contributed by atoms with Gasteiger partial charge in [0.1, 0.15) is 17.2 Å². The molecule has 1 aliphatic heterocycles. The summed E-state index contributed by atoms with van der Waals surface area (Å²) < 4.78 is 16.6. The van der Waals surface area contributed by atoms with Gasteiger partial charge in [0.2, 0.25) is 0 Å². The third kappa shape index (κ3) is 5.05. The van der Waals surface area contributed by atoms with Crippen LogP contribution in [0.3, 0.4) is 0 Å². The Labute approximate surface area is 185 Å². The summed E-state index contributed by atoms with van der Waals surface area (Å²) >= 11 is 1.54. The van der Waals surface area contributed by atoms with E-state index < -0.39 is 0 Å². The van der Waals surface area contributed by atoms with Crippen LogP contribution in [0.25, 0.3) is 22.3 Å². The number of pyridine rings is 1. The predicted molar refractivity (Wildman–Crippen MR) is 121 cm³/mol. The van der Waals surface area contributed by atoms with Crippen molar-refractivity contribution in [2.75, 3.05) is 45.3 Å². The van der Waals surface area contributed by atoms with Gasteiger partial charge in [0.15, 0.2) is 11.7 Å². The van der Waals surface area contributed by atoms with Crippen molar-refractivity contribution in [3.05, 3.63) is 29.6 Å². The number of carbonyl (C=O) groups is 1. The molecule has 31 heavy (non-hydrogen) atoms. The highest BCUT2D eigenvalue weighted by atomic mass is 32.1. The van der Waals surface area contributed by atoms with Crippen LogP contribution in [0.4, 0.5) is 5.13 Å². The van der Waals surface area contributed by atoms with Crippen molar-refractivity contribution in [1.82, 2.24) is 14.9 Å². The standard InChI is InChI=1S/C22H26N4O4S/c1-14(2)23-22-25-19(13-31-22)18-11-20(28-3)16-5-4-15(10-17(16)24-18)30-12-21(27)26-6-8-29-9-7-26/h4-5,10-11,13-14H,6-9,12H2,1-3H3,(H,23,25). The largest absolute Gasteiger partial charge is 0.496 e. The van der Waals surface area contributed by atoms with Crippen molar-refractivity contribution in [2.24, 2.45) is 0 Å². The van der Waals surface area contributed by atoms with Crippen molar-refractivity contribution in [1.29, 1.82) is 0 Å². The molecule has 1 fully saturated rings. The zero-order chi connectivity index (χ0) is 21.8. The predicted octanol–water partition coefficient (Wildman–Crippen LogP) is 3.42. The number of anilines is 1. The molecular formula is C22H26N4O4S. The Morgan fingerprint density at radius 3 is 2.77 bits per heavy atom. The summed E-state index contributed by atoms with van der Waals surface area (Å²) in [4.78, 5) is 23.5. The Morgan fingerprint density at radius 2 is 2.03 bits per heavy atom. The van der Waals surface area contributed by atoms with Crippen molar-refractivity contribution < 1.29 is 19.0 Å². The van der Waals surface area contributed by atoms with Crippen LogP contribution in [0.2, 0.25) is 0 Å². The molecule has 164 valence electrons. The SMILES string of the molecule is COc1cc(-c2csc(NC(C)C)n2)nc2cc(OCC(=O)N3CCOCC3)ccc12. The molecule has 0 saturated carbocycles. The van der Waals surface area contributed by atoms with E-state index in [1.807, 2.05) is 29.6 Å². The third-order valence-electron chi connectivity index (χ3n) is 4.87. The van der Waals surface area contributed by atoms with E-state index in [9.17, 15) is 4.79 Å². The number of aromatic nitrogens is 2. The molecule has 2 aromatic heterocycles. The van der Waals surface area contributed by atoms with Crippen LogP contribution in [0.15, 0.2) is 29.6 Å². The average molecular weight is 443 g/mol. The summed E-state index contributed by atoms with van der Waals surface area (Å²) in [6, 6.07) is 7.74. The monoisotopic (exact) mass is 442 g/mol. The molecule has 0 aliphatic carbocycles. The number of carbonyl (C=O) groups excluding carboxylic acids is 1. The number of hydrogen-bond donors (Lipinski definition) is 1. The molecule has 4 rings (SSSR count). The van der Waals surface area contributed by atoms with Crippen LogP contribution in [-0.2, 0) is 9.53 Å². The number of hydrogen-bond acceptors (Lipinski definition) is 8. The van der Waals surface area contributed by atoms with Crippen molar-refractivity contribution in [3.63, 3.8) is 0 Å². The molecule has 3 aromatic rings. The van der Waals surface area contributed by atoms with Gasteiger partial charge in [-0.15, -0.1) is 11.3 Å². The van der Waals surface area contributed by atoms with Gasteiger partial charge in [0, 0.05) is 42.0 Å². The van der Waals surface area contributed by atoms with Crippen molar-refractivity contribution >= 4 is 33.3 Å². The van der Waals surface area contributed by atoms with E-state index in [0.717, 1.165) is 27.4 Å². The molecule has 8 nitrogen and oxygen atoms in total. The van der Waals surface area contributed by atoms with E-state index in [2.05, 4.69) is 24.1 Å². The molecule has 0 bridgehead atoms. The van der Waals surface area contributed by atoms with Gasteiger partial charge in [-0.05, 0) is 26.0 Å². The summed E-state index contributed by atoms with van der Waals surface area (Å²) in [7, 11) is 1.64. The lowest BCUT2D eigenvalue weighted by atomic mass is 10.1. The number of ether oxygens (including phenoxy) is 3. The molecule has 1 N–H and O–H groups in total. The second-order valence-electron chi connectivity index (χ2n) is 7.51. The number of methoxy groups -OCH3 is 1. The van der Waals surface area contributed by atoms with Gasteiger partial charge in [0.25, 0.3) is 5.91 Å². The van der Waals surface area contributed by atoms with Gasteiger partial charge < -0.3 is 24.4 Å². The molecule has 0 radical (unpaired) electrons. The molecule has 0 atom stereocenters. The number of rotatable bonds is 7. The van der Waals surface area contributed by atoms with Crippen LogP contribution >= 0.6 is 11.3 Å². The summed E-state index contributed by atoms with van der Waals surface area (Å²) in [5.41, 5.74) is 2.22. The van der Waals surface area contributed by atoms with Gasteiger partial charge in [-0.3, -0.25) is 4.79 Å². The Bertz CT molecular complexity index is 1060. The molecule has 0 unspecified atom stereocenters. The normalized spacial score (nSPS) is 14.1. The van der Waals surface area contributed by atoms with Crippen LogP contribution in [0.5, 0.6) is 11.5 Å². The highest BCUT2D eigenvalue weighted by molar-refractivity contribution is 7.14. The second kappa shape index (κ2) is 9.49. The van der Waals surface area contributed by atoms with E-state index in [0.29, 0.717) is 43.8 Å². The first-order valence-electron chi connectivity index (χ1n) is 10.2. The van der Waals surface area contributed by atoms with Gasteiger partial charge in [0.05, 0.1) is 31.5 Å². The Hall–Kier alpha value is -2.91. The van der Waals surface area contributed by atoms with Crippen molar-refractivity contribution in [3.8, 4) is 22.9 Å². The molecule has 1 aromatic carbocycles. The van der Waals surface area contributed by atoms with Crippen LogP contribution in [0.1, 0.15) is 13.8 Å². The van der Waals surface area contributed by atoms with Crippen molar-refractivity contribution in [2.45, 2.75) is 19.9 Å². The van der Waals surface area contributed by atoms with Gasteiger partial charge in [-0.25, -0.2) is 9.97 Å². The molecule has 3 heterocycles. The molecule has 1 saturated heterocycles. The summed E-state index contributed by atoms with van der Waals surface area (Å²) in [5.74, 6) is 1.25. The maximum Gasteiger partial charge on any atom is 0.260 e. The molecule has 9 heteroatoms. The maximum absolute atomic E-state index is 12.3. The summed E-state index contributed by atoms with van der Waals surface area (Å²) in [6.07, 6.45) is 0. The topological polar surface area (TPSA) is 85.8 Å². The lowest BCUT2D eigenvalue weighted by Gasteiger charge is -2.26. The second-order valence-corrected chi connectivity index (χ2v) is 8.37. The smallest absolute Gasteiger partial charge is 0.260 e.